The number of halogens is 2. The minimum absolute atomic E-state index is 0. The van der Waals surface area contributed by atoms with E-state index >= 15 is 0 Å². The summed E-state index contributed by atoms with van der Waals surface area (Å²) in [6, 6.07) is 31.4. The summed E-state index contributed by atoms with van der Waals surface area (Å²) in [5.74, 6) is 0. The van der Waals surface area contributed by atoms with Crippen LogP contribution in [0.1, 0.15) is 59.1 Å². The van der Waals surface area contributed by atoms with Gasteiger partial charge in [-0.05, 0) is 0 Å². The molecule has 172 valence electrons. The third-order valence-corrected chi connectivity index (χ3v) is 12.0. The number of rotatable bonds is 7. The van der Waals surface area contributed by atoms with Crippen LogP contribution >= 0.6 is 0 Å². The molecule has 0 nitrogen and oxygen atoms in total. The first-order chi connectivity index (χ1) is 15.9. The molecule has 0 bridgehead atoms. The van der Waals surface area contributed by atoms with E-state index in [0.29, 0.717) is 4.22 Å². The van der Waals surface area contributed by atoms with Gasteiger partial charge < -0.3 is 24.8 Å². The van der Waals surface area contributed by atoms with E-state index in [1.807, 2.05) is 0 Å². The fourth-order valence-corrected chi connectivity index (χ4v) is 10.9. The topological polar surface area (TPSA) is 0 Å². The molecule has 0 heterocycles. The molecule has 0 spiro atoms. The van der Waals surface area contributed by atoms with Gasteiger partial charge in [-0.3, -0.25) is 0 Å². The summed E-state index contributed by atoms with van der Waals surface area (Å²) in [5.41, 5.74) is 7.37. The van der Waals surface area contributed by atoms with Gasteiger partial charge in [-0.1, -0.05) is 0 Å². The maximum atomic E-state index is 2.52. The van der Waals surface area contributed by atoms with Crippen molar-refractivity contribution in [1.82, 2.24) is 0 Å². The monoisotopic (exact) mass is 520 g/mol. The van der Waals surface area contributed by atoms with Gasteiger partial charge >= 0.3 is 199 Å². The molecule has 1 unspecified atom stereocenters. The summed E-state index contributed by atoms with van der Waals surface area (Å²) < 4.78 is 3.91. The molecule has 3 aromatic carbocycles. The maximum absolute atomic E-state index is 2.52. The number of fused-ring (bicyclic) bond motifs is 1. The average molecular weight is 521 g/mol. The summed E-state index contributed by atoms with van der Waals surface area (Å²) in [6.45, 7) is 2.30. The van der Waals surface area contributed by atoms with Crippen molar-refractivity contribution in [2.24, 2.45) is 0 Å². The number of hydrogen-bond acceptors (Lipinski definition) is 0. The Morgan fingerprint density at radius 3 is 2.06 bits per heavy atom. The summed E-state index contributed by atoms with van der Waals surface area (Å²) in [6.07, 6.45) is 14.6. The maximum Gasteiger partial charge on any atom is -1.00 e. The average Bonchev–Trinajstić information content (AvgIpc) is 3.49. The van der Waals surface area contributed by atoms with Crippen LogP contribution in [0.2, 0.25) is 0 Å². The molecule has 0 radical (unpaired) electrons. The van der Waals surface area contributed by atoms with Crippen molar-refractivity contribution >= 4 is 9.89 Å². The van der Waals surface area contributed by atoms with Crippen molar-refractivity contribution in [1.29, 1.82) is 0 Å². The van der Waals surface area contributed by atoms with Crippen molar-refractivity contribution in [2.45, 2.75) is 36.8 Å². The van der Waals surface area contributed by atoms with E-state index < -0.39 is 17.4 Å². The normalized spacial score (nSPS) is 15.2. The van der Waals surface area contributed by atoms with Crippen LogP contribution in [0.4, 0.5) is 0 Å². The molecular weight excluding hydrogens is 491 g/mol. The number of allylic oxidation sites excluding steroid dienone is 5. The molecule has 0 saturated carbocycles. The van der Waals surface area contributed by atoms with Crippen molar-refractivity contribution in [3.8, 4) is 0 Å². The first kappa shape index (κ1) is 26.6. The van der Waals surface area contributed by atoms with Gasteiger partial charge in [0.05, 0.1) is 0 Å². The Balaban J connectivity index is 0.00000162. The predicted octanol–water partition coefficient (Wildman–Crippen LogP) is 2.05. The smallest absolute Gasteiger partial charge is 1.00 e. The van der Waals surface area contributed by atoms with Crippen LogP contribution in [-0.4, -0.2) is 3.81 Å². The molecule has 34 heavy (non-hydrogen) atoms. The summed E-state index contributed by atoms with van der Waals surface area (Å²) in [7, 11) is 0. The Hall–Kier alpha value is -1.96. The Kier molecular flexibility index (Phi) is 9.92. The molecule has 1 atom stereocenters. The fraction of sp³-hybridized carbons (Fsp3) is 0.194. The first-order valence-electron chi connectivity index (χ1n) is 11.9. The van der Waals surface area contributed by atoms with E-state index in [0.717, 1.165) is 6.42 Å². The standard InChI is InChI=1S/C13H10.C9H7.C9H13.2ClH.Ti/c1-3-7-12(8-4-1)11-13-9-5-2-6-10-13;1-2-5-9-7-3-6-8(9)4-1;1-2-3-6-9-7-4-5-8-9;;;/h1-10H;1-7H;4,7H,2-3,5-6H2,1H3;2*1H;/q;;;;;+2/p-2. The quantitative estimate of drug-likeness (QED) is 0.418. The molecule has 3 heteroatoms. The zero-order valence-corrected chi connectivity index (χ0v) is 22.6. The van der Waals surface area contributed by atoms with Crippen LogP contribution in [0.15, 0.2) is 113 Å². The number of hydrogen-bond donors (Lipinski definition) is 0. The molecular formula is C31H30Cl2Ti. The molecule has 5 rings (SSSR count). The molecule has 0 N–H and O–H groups in total. The van der Waals surface area contributed by atoms with E-state index in [1.54, 1.807) is 13.3 Å². The van der Waals surface area contributed by atoms with Crippen molar-refractivity contribution in [2.75, 3.05) is 0 Å². The van der Waals surface area contributed by atoms with E-state index in [4.69, 9.17) is 0 Å². The van der Waals surface area contributed by atoms with Gasteiger partial charge in [0.2, 0.25) is 0 Å². The van der Waals surface area contributed by atoms with E-state index in [-0.39, 0.29) is 24.8 Å². The zero-order chi connectivity index (χ0) is 21.8. The third-order valence-electron chi connectivity index (χ3n) is 6.66. The van der Waals surface area contributed by atoms with Crippen LogP contribution in [0.25, 0.3) is 6.08 Å². The Morgan fingerprint density at radius 2 is 1.41 bits per heavy atom. The van der Waals surface area contributed by atoms with Crippen LogP contribution in [-0.2, 0) is 17.4 Å². The molecule has 0 saturated heterocycles. The van der Waals surface area contributed by atoms with Crippen molar-refractivity contribution in [3.05, 3.63) is 135 Å². The zero-order valence-electron chi connectivity index (χ0n) is 19.6. The molecule has 0 aromatic heterocycles. The second-order valence-electron chi connectivity index (χ2n) is 8.70. The van der Waals surface area contributed by atoms with Crippen LogP contribution in [0, 0.1) is 0 Å². The molecule has 0 aliphatic heterocycles. The minimum atomic E-state index is -1.98. The largest absolute Gasteiger partial charge is 1.00 e. The Bertz CT molecular complexity index is 1180. The number of unbranched alkanes of at least 4 members (excludes halogenated alkanes) is 1. The van der Waals surface area contributed by atoms with Gasteiger partial charge in [0.25, 0.3) is 0 Å². The Morgan fingerprint density at radius 1 is 0.794 bits per heavy atom. The van der Waals surface area contributed by atoms with E-state index in [1.165, 1.54) is 41.5 Å². The van der Waals surface area contributed by atoms with Gasteiger partial charge in [0.1, 0.15) is 0 Å². The number of benzene rings is 3. The van der Waals surface area contributed by atoms with Gasteiger partial charge in [0.15, 0.2) is 0 Å². The fourth-order valence-electron chi connectivity index (χ4n) is 5.12. The van der Waals surface area contributed by atoms with Gasteiger partial charge in [0, 0.05) is 0 Å². The first-order valence-corrected chi connectivity index (χ1v) is 14.3. The molecule has 0 fully saturated rings. The molecule has 3 aromatic rings. The Labute approximate surface area is 222 Å². The van der Waals surface area contributed by atoms with Crippen molar-refractivity contribution < 1.29 is 42.2 Å². The summed E-state index contributed by atoms with van der Waals surface area (Å²) >= 11 is -1.98. The summed E-state index contributed by atoms with van der Waals surface area (Å²) in [4.78, 5) is 0. The van der Waals surface area contributed by atoms with Crippen molar-refractivity contribution in [3.63, 3.8) is 0 Å². The van der Waals surface area contributed by atoms with Gasteiger partial charge in [-0.25, -0.2) is 0 Å². The molecule has 2 aliphatic rings. The van der Waals surface area contributed by atoms with Gasteiger partial charge in [-0.15, -0.1) is 0 Å². The molecule has 2 aliphatic carbocycles. The van der Waals surface area contributed by atoms with E-state index in [9.17, 15) is 0 Å². The SMILES string of the molecule is CCCCC1=[C]([Ti+2](=[C](c2ccccc2)c2ccccc2)[CH]2C=Cc3ccccc32)CC=C1.[Cl-].[Cl-]. The third kappa shape index (κ3) is 5.47. The van der Waals surface area contributed by atoms with Gasteiger partial charge in [-0.2, -0.15) is 0 Å². The second kappa shape index (κ2) is 12.7. The van der Waals surface area contributed by atoms with Crippen LogP contribution < -0.4 is 24.8 Å². The minimum Gasteiger partial charge on any atom is -1.00 e. The molecule has 0 amide bonds. The predicted molar refractivity (Wildman–Crippen MR) is 135 cm³/mol. The summed E-state index contributed by atoms with van der Waals surface area (Å²) in [5, 5.41) is 0. The second-order valence-corrected chi connectivity index (χ2v) is 12.7. The van der Waals surface area contributed by atoms with Crippen LogP contribution in [0.5, 0.6) is 0 Å². The van der Waals surface area contributed by atoms with E-state index in [2.05, 4.69) is 116 Å². The van der Waals surface area contributed by atoms with Crippen LogP contribution in [0.3, 0.4) is 0 Å².